The van der Waals surface area contributed by atoms with Crippen molar-refractivity contribution in [3.63, 3.8) is 0 Å². The SMILES string of the molecule is CC1COc2c1cc(C(CNC(=O)c1cc(OC3CC3)c3ncccc3c1)C(F)(F)F)nc2-c1ccc(F)c(F)c1. The van der Waals surface area contributed by atoms with E-state index in [-0.39, 0.29) is 46.9 Å². The van der Waals surface area contributed by atoms with Crippen LogP contribution < -0.4 is 14.8 Å². The van der Waals surface area contributed by atoms with E-state index in [1.165, 1.54) is 18.2 Å². The van der Waals surface area contributed by atoms with E-state index in [9.17, 15) is 26.7 Å². The van der Waals surface area contributed by atoms with Gasteiger partial charge in [-0.1, -0.05) is 13.0 Å². The number of hydrogen-bond donors (Lipinski definition) is 1. The minimum absolute atomic E-state index is 0.0224. The molecule has 1 aliphatic carbocycles. The quantitative estimate of drug-likeness (QED) is 0.251. The first-order valence-corrected chi connectivity index (χ1v) is 13.1. The van der Waals surface area contributed by atoms with Gasteiger partial charge in [-0.15, -0.1) is 0 Å². The maximum Gasteiger partial charge on any atom is 0.398 e. The van der Waals surface area contributed by atoms with Crippen LogP contribution in [0.3, 0.4) is 0 Å². The summed E-state index contributed by atoms with van der Waals surface area (Å²) in [5, 5.41) is 3.02. The third-order valence-corrected chi connectivity index (χ3v) is 7.19. The number of alkyl halides is 3. The molecule has 41 heavy (non-hydrogen) atoms. The average Bonchev–Trinajstić information content (AvgIpc) is 3.68. The number of nitrogens with zero attached hydrogens (tertiary/aromatic N) is 2. The predicted octanol–water partition coefficient (Wildman–Crippen LogP) is 6.69. The predicted molar refractivity (Wildman–Crippen MR) is 140 cm³/mol. The average molecular weight is 570 g/mol. The van der Waals surface area contributed by atoms with Crippen LogP contribution in [-0.2, 0) is 0 Å². The third-order valence-electron chi connectivity index (χ3n) is 7.19. The number of ether oxygens (including phenoxy) is 2. The Morgan fingerprint density at radius 1 is 1.12 bits per heavy atom. The van der Waals surface area contributed by atoms with Crippen molar-refractivity contribution in [1.82, 2.24) is 15.3 Å². The molecule has 1 amide bonds. The molecule has 0 spiro atoms. The molecule has 2 aliphatic rings. The second-order valence-electron chi connectivity index (χ2n) is 10.3. The molecule has 6 nitrogen and oxygen atoms in total. The van der Waals surface area contributed by atoms with Gasteiger partial charge in [-0.3, -0.25) is 9.78 Å². The Balaban J connectivity index is 1.33. The molecule has 2 aromatic heterocycles. The van der Waals surface area contributed by atoms with Crippen LogP contribution in [0.25, 0.3) is 22.2 Å². The number of nitrogens with one attached hydrogen (secondary N) is 1. The number of fused-ring (bicyclic) bond motifs is 2. The van der Waals surface area contributed by atoms with Crippen molar-refractivity contribution in [2.75, 3.05) is 13.2 Å². The van der Waals surface area contributed by atoms with Crippen molar-refractivity contribution in [1.29, 1.82) is 0 Å². The van der Waals surface area contributed by atoms with E-state index < -0.39 is 36.2 Å². The van der Waals surface area contributed by atoms with Crippen molar-refractivity contribution in [3.05, 3.63) is 83.2 Å². The van der Waals surface area contributed by atoms with Crippen molar-refractivity contribution in [2.45, 2.75) is 43.9 Å². The normalized spacial score (nSPS) is 17.2. The van der Waals surface area contributed by atoms with Gasteiger partial charge in [0.1, 0.15) is 28.6 Å². The number of amides is 1. The second kappa shape index (κ2) is 10.3. The van der Waals surface area contributed by atoms with E-state index in [1.807, 2.05) is 0 Å². The smallest absolute Gasteiger partial charge is 0.398 e. The van der Waals surface area contributed by atoms with E-state index >= 15 is 0 Å². The van der Waals surface area contributed by atoms with E-state index in [0.717, 1.165) is 25.0 Å². The summed E-state index contributed by atoms with van der Waals surface area (Å²) in [6.45, 7) is 1.18. The largest absolute Gasteiger partial charge is 0.490 e. The number of hydrogen-bond acceptors (Lipinski definition) is 5. The van der Waals surface area contributed by atoms with Gasteiger partial charge >= 0.3 is 6.18 Å². The fraction of sp³-hybridized carbons (Fsp3) is 0.300. The minimum atomic E-state index is -4.78. The maximum absolute atomic E-state index is 14.4. The highest BCUT2D eigenvalue weighted by Gasteiger charge is 2.43. The Hall–Kier alpha value is -4.28. The van der Waals surface area contributed by atoms with Crippen molar-refractivity contribution in [2.24, 2.45) is 0 Å². The van der Waals surface area contributed by atoms with Crippen molar-refractivity contribution in [3.8, 4) is 22.8 Å². The number of halogens is 5. The topological polar surface area (TPSA) is 73.3 Å². The molecule has 1 fully saturated rings. The monoisotopic (exact) mass is 569 g/mol. The molecule has 2 unspecified atom stereocenters. The van der Waals surface area contributed by atoms with Gasteiger partial charge in [0.25, 0.3) is 5.91 Å². The summed E-state index contributed by atoms with van der Waals surface area (Å²) < 4.78 is 82.5. The number of carbonyl (C=O) groups excluding carboxylic acids is 1. The van der Waals surface area contributed by atoms with Crippen LogP contribution in [0.4, 0.5) is 22.0 Å². The lowest BCUT2D eigenvalue weighted by Crippen LogP contribution is -2.35. The molecule has 11 heteroatoms. The summed E-state index contributed by atoms with van der Waals surface area (Å²) in [6.07, 6.45) is -1.41. The second-order valence-corrected chi connectivity index (χ2v) is 10.3. The minimum Gasteiger partial charge on any atom is -0.490 e. The molecule has 2 aromatic carbocycles. The molecule has 0 saturated heterocycles. The summed E-state index contributed by atoms with van der Waals surface area (Å²) in [5.74, 6) is -4.79. The van der Waals surface area contributed by atoms with Crippen LogP contribution in [0, 0.1) is 11.6 Å². The molecule has 2 atom stereocenters. The summed E-state index contributed by atoms with van der Waals surface area (Å²) in [7, 11) is 0. The lowest BCUT2D eigenvalue weighted by atomic mass is 9.95. The van der Waals surface area contributed by atoms with Gasteiger partial charge in [-0.2, -0.15) is 13.2 Å². The van der Waals surface area contributed by atoms with E-state index in [1.54, 1.807) is 31.3 Å². The van der Waals surface area contributed by atoms with Crippen LogP contribution in [0.15, 0.2) is 54.7 Å². The van der Waals surface area contributed by atoms with E-state index in [4.69, 9.17) is 9.47 Å². The lowest BCUT2D eigenvalue weighted by molar-refractivity contribution is -0.149. The van der Waals surface area contributed by atoms with Gasteiger partial charge in [0, 0.05) is 40.7 Å². The standard InChI is InChI=1S/C30H24F5N3O3/c1-15-14-40-28-20(15)12-24(38-27(28)17-4-7-22(31)23(32)10-17)21(30(33,34)35)13-37-29(39)18-9-16-3-2-8-36-26(16)25(11-18)41-19-5-6-19/h2-4,7-12,15,19,21H,5-6,13-14H2,1H3,(H,37,39). The Morgan fingerprint density at radius 3 is 2.66 bits per heavy atom. The van der Waals surface area contributed by atoms with Gasteiger partial charge in [0.05, 0.1) is 18.4 Å². The first-order valence-electron chi connectivity index (χ1n) is 13.1. The van der Waals surface area contributed by atoms with Gasteiger partial charge < -0.3 is 14.8 Å². The van der Waals surface area contributed by atoms with Crippen molar-refractivity contribution < 1.29 is 36.2 Å². The first-order chi connectivity index (χ1) is 19.6. The Kier molecular flexibility index (Phi) is 6.75. The van der Waals surface area contributed by atoms with E-state index in [0.29, 0.717) is 22.2 Å². The van der Waals surface area contributed by atoms with Crippen LogP contribution >= 0.6 is 0 Å². The molecule has 4 aromatic rings. The highest BCUT2D eigenvalue weighted by molar-refractivity contribution is 5.99. The Labute approximate surface area is 231 Å². The zero-order chi connectivity index (χ0) is 28.9. The molecule has 3 heterocycles. The molecule has 0 bridgehead atoms. The van der Waals surface area contributed by atoms with Crippen LogP contribution in [0.2, 0.25) is 0 Å². The molecule has 1 N–H and O–H groups in total. The first kappa shape index (κ1) is 26.9. The van der Waals surface area contributed by atoms with Gasteiger partial charge in [0.15, 0.2) is 11.6 Å². The lowest BCUT2D eigenvalue weighted by Gasteiger charge is -2.22. The Bertz CT molecular complexity index is 1650. The number of rotatable bonds is 7. The zero-order valence-electron chi connectivity index (χ0n) is 21.8. The van der Waals surface area contributed by atoms with Gasteiger partial charge in [-0.05, 0) is 55.3 Å². The zero-order valence-corrected chi connectivity index (χ0v) is 21.8. The molecule has 212 valence electrons. The molecule has 1 saturated carbocycles. The maximum atomic E-state index is 14.4. The van der Waals surface area contributed by atoms with Crippen LogP contribution in [0.1, 0.15) is 53.2 Å². The summed E-state index contributed by atoms with van der Waals surface area (Å²) in [5.41, 5.74) is 0.855. The third kappa shape index (κ3) is 5.40. The highest BCUT2D eigenvalue weighted by Crippen LogP contribution is 2.44. The summed E-state index contributed by atoms with van der Waals surface area (Å²) in [6, 6.07) is 10.8. The summed E-state index contributed by atoms with van der Waals surface area (Å²) in [4.78, 5) is 21.7. The van der Waals surface area contributed by atoms with Crippen LogP contribution in [0.5, 0.6) is 11.5 Å². The molecular formula is C30H24F5N3O3. The van der Waals surface area contributed by atoms with E-state index in [2.05, 4.69) is 15.3 Å². The van der Waals surface area contributed by atoms with Crippen LogP contribution in [-0.4, -0.2) is 41.3 Å². The van der Waals surface area contributed by atoms with Crippen molar-refractivity contribution >= 4 is 16.8 Å². The number of carbonyl (C=O) groups is 1. The van der Waals surface area contributed by atoms with Gasteiger partial charge in [0.2, 0.25) is 0 Å². The number of aromatic nitrogens is 2. The molecule has 1 aliphatic heterocycles. The number of benzene rings is 2. The Morgan fingerprint density at radius 2 is 1.93 bits per heavy atom. The molecule has 6 rings (SSSR count). The summed E-state index contributed by atoms with van der Waals surface area (Å²) >= 11 is 0. The molecule has 0 radical (unpaired) electrons. The fourth-order valence-electron chi connectivity index (χ4n) is 4.84. The fourth-order valence-corrected chi connectivity index (χ4v) is 4.84. The highest BCUT2D eigenvalue weighted by atomic mass is 19.4. The number of pyridine rings is 2. The molecular weight excluding hydrogens is 545 g/mol. The van der Waals surface area contributed by atoms with Gasteiger partial charge in [-0.25, -0.2) is 13.8 Å².